The van der Waals surface area contributed by atoms with Crippen molar-refractivity contribution in [2.45, 2.75) is 39.8 Å². The summed E-state index contributed by atoms with van der Waals surface area (Å²) in [5.41, 5.74) is 6.08. The summed E-state index contributed by atoms with van der Waals surface area (Å²) in [7, 11) is 0. The molecule has 90 valence electrons. The number of hydrogen-bond donors (Lipinski definition) is 2. The van der Waals surface area contributed by atoms with E-state index < -0.39 is 0 Å². The Bertz CT molecular complexity index is 346. The van der Waals surface area contributed by atoms with E-state index in [2.05, 4.69) is 24.3 Å². The van der Waals surface area contributed by atoms with Gasteiger partial charge < -0.3 is 11.1 Å². The lowest BCUT2D eigenvalue weighted by molar-refractivity contribution is -0.122. The standard InChI is InChI=1S/C11H20N4O/c1-8(2)4-9(3)14-11(16)7-15-6-10(12)5-13-15/h5-6,8-9H,4,7,12H2,1-3H3,(H,14,16). The zero-order valence-electron chi connectivity index (χ0n) is 10.1. The molecule has 0 spiro atoms. The molecule has 0 saturated carbocycles. The van der Waals surface area contributed by atoms with Crippen molar-refractivity contribution in [2.24, 2.45) is 5.92 Å². The molecule has 1 rings (SSSR count). The highest BCUT2D eigenvalue weighted by Gasteiger charge is 2.09. The number of rotatable bonds is 5. The molecule has 1 unspecified atom stereocenters. The average Bonchev–Trinajstić information content (AvgIpc) is 2.48. The van der Waals surface area contributed by atoms with Gasteiger partial charge in [0.05, 0.1) is 11.9 Å². The number of hydrogen-bond acceptors (Lipinski definition) is 3. The summed E-state index contributed by atoms with van der Waals surface area (Å²) < 4.78 is 1.53. The fraction of sp³-hybridized carbons (Fsp3) is 0.636. The van der Waals surface area contributed by atoms with Crippen LogP contribution in [-0.4, -0.2) is 21.7 Å². The first-order valence-electron chi connectivity index (χ1n) is 5.54. The van der Waals surface area contributed by atoms with E-state index in [1.54, 1.807) is 6.20 Å². The fourth-order valence-electron chi connectivity index (χ4n) is 1.70. The van der Waals surface area contributed by atoms with Crippen LogP contribution in [0.5, 0.6) is 0 Å². The maximum Gasteiger partial charge on any atom is 0.241 e. The predicted octanol–water partition coefficient (Wildman–Crippen LogP) is 1.02. The molecule has 3 N–H and O–H groups in total. The van der Waals surface area contributed by atoms with Gasteiger partial charge in [0.1, 0.15) is 6.54 Å². The van der Waals surface area contributed by atoms with Crippen molar-refractivity contribution in [1.82, 2.24) is 15.1 Å². The van der Waals surface area contributed by atoms with Gasteiger partial charge in [-0.3, -0.25) is 9.48 Å². The molecule has 1 amide bonds. The smallest absolute Gasteiger partial charge is 0.241 e. The SMILES string of the molecule is CC(C)CC(C)NC(=O)Cn1cc(N)cn1. The van der Waals surface area contributed by atoms with E-state index in [9.17, 15) is 4.79 Å². The summed E-state index contributed by atoms with van der Waals surface area (Å²) in [5, 5.41) is 6.88. The molecular weight excluding hydrogens is 204 g/mol. The first kappa shape index (κ1) is 12.5. The van der Waals surface area contributed by atoms with Gasteiger partial charge in [-0.1, -0.05) is 13.8 Å². The Kier molecular flexibility index (Phi) is 4.34. The van der Waals surface area contributed by atoms with Crippen LogP contribution in [-0.2, 0) is 11.3 Å². The monoisotopic (exact) mass is 224 g/mol. The molecule has 0 aliphatic heterocycles. The summed E-state index contributed by atoms with van der Waals surface area (Å²) in [5.74, 6) is 0.548. The van der Waals surface area contributed by atoms with E-state index in [1.807, 2.05) is 6.92 Å². The van der Waals surface area contributed by atoms with E-state index in [0.29, 0.717) is 11.6 Å². The zero-order chi connectivity index (χ0) is 12.1. The van der Waals surface area contributed by atoms with Crippen molar-refractivity contribution in [3.05, 3.63) is 12.4 Å². The second-order valence-corrected chi connectivity index (χ2v) is 4.57. The molecule has 5 heteroatoms. The number of nitrogens with one attached hydrogen (secondary N) is 1. The third kappa shape index (κ3) is 4.33. The molecule has 1 aromatic rings. The predicted molar refractivity (Wildman–Crippen MR) is 63.7 cm³/mol. The number of nitrogen functional groups attached to an aromatic ring is 1. The minimum Gasteiger partial charge on any atom is -0.396 e. The normalized spacial score (nSPS) is 12.8. The van der Waals surface area contributed by atoms with E-state index in [1.165, 1.54) is 10.9 Å². The molecule has 1 aromatic heterocycles. The number of nitrogens with two attached hydrogens (primary N) is 1. The van der Waals surface area contributed by atoms with Crippen LogP contribution in [0.15, 0.2) is 12.4 Å². The molecule has 0 fully saturated rings. The number of aromatic nitrogens is 2. The first-order valence-corrected chi connectivity index (χ1v) is 5.54. The molecule has 0 saturated heterocycles. The van der Waals surface area contributed by atoms with Crippen LogP contribution in [0.4, 0.5) is 5.69 Å². The molecule has 0 bridgehead atoms. The van der Waals surface area contributed by atoms with E-state index in [-0.39, 0.29) is 18.5 Å². The number of anilines is 1. The largest absolute Gasteiger partial charge is 0.396 e. The second kappa shape index (κ2) is 5.53. The first-order chi connectivity index (χ1) is 7.47. The lowest BCUT2D eigenvalue weighted by Gasteiger charge is -2.15. The molecule has 16 heavy (non-hydrogen) atoms. The van der Waals surface area contributed by atoms with Crippen LogP contribution in [0.2, 0.25) is 0 Å². The fourth-order valence-corrected chi connectivity index (χ4v) is 1.70. The Morgan fingerprint density at radius 3 is 2.75 bits per heavy atom. The highest BCUT2D eigenvalue weighted by molar-refractivity contribution is 5.75. The van der Waals surface area contributed by atoms with E-state index in [0.717, 1.165) is 6.42 Å². The number of carbonyl (C=O) groups is 1. The molecule has 5 nitrogen and oxygen atoms in total. The number of nitrogens with zero attached hydrogens (tertiary/aromatic N) is 2. The molecule has 0 aromatic carbocycles. The van der Waals surface area contributed by atoms with Crippen LogP contribution in [0.3, 0.4) is 0 Å². The third-order valence-electron chi connectivity index (χ3n) is 2.19. The lowest BCUT2D eigenvalue weighted by atomic mass is 10.1. The van der Waals surface area contributed by atoms with Gasteiger partial charge in [-0.05, 0) is 19.3 Å². The van der Waals surface area contributed by atoms with Crippen molar-refractivity contribution in [2.75, 3.05) is 5.73 Å². The van der Waals surface area contributed by atoms with Gasteiger partial charge in [0.15, 0.2) is 0 Å². The summed E-state index contributed by atoms with van der Waals surface area (Å²) >= 11 is 0. The van der Waals surface area contributed by atoms with Crippen molar-refractivity contribution >= 4 is 11.6 Å². The lowest BCUT2D eigenvalue weighted by Crippen LogP contribution is -2.35. The summed E-state index contributed by atoms with van der Waals surface area (Å²) in [4.78, 5) is 11.6. The van der Waals surface area contributed by atoms with Crippen molar-refractivity contribution < 1.29 is 4.79 Å². The number of carbonyl (C=O) groups excluding carboxylic acids is 1. The van der Waals surface area contributed by atoms with E-state index in [4.69, 9.17) is 5.73 Å². The molecule has 0 aliphatic carbocycles. The summed E-state index contributed by atoms with van der Waals surface area (Å²) in [6, 6.07) is 0.195. The molecule has 1 heterocycles. The van der Waals surface area contributed by atoms with Gasteiger partial charge in [-0.15, -0.1) is 0 Å². The van der Waals surface area contributed by atoms with Gasteiger partial charge in [0.2, 0.25) is 5.91 Å². The van der Waals surface area contributed by atoms with Crippen molar-refractivity contribution in [1.29, 1.82) is 0 Å². The summed E-state index contributed by atoms with van der Waals surface area (Å²) in [6.07, 6.45) is 4.16. The van der Waals surface area contributed by atoms with Gasteiger partial charge in [-0.2, -0.15) is 5.10 Å². The summed E-state index contributed by atoms with van der Waals surface area (Å²) in [6.45, 7) is 6.50. The average molecular weight is 224 g/mol. The Labute approximate surface area is 96.0 Å². The highest BCUT2D eigenvalue weighted by Crippen LogP contribution is 2.04. The Morgan fingerprint density at radius 1 is 1.56 bits per heavy atom. The highest BCUT2D eigenvalue weighted by atomic mass is 16.2. The van der Waals surface area contributed by atoms with Crippen LogP contribution in [0.1, 0.15) is 27.2 Å². The molecule has 1 atom stereocenters. The van der Waals surface area contributed by atoms with Crippen LogP contribution in [0, 0.1) is 5.92 Å². The Balaban J connectivity index is 2.36. The maximum absolute atomic E-state index is 11.6. The van der Waals surface area contributed by atoms with Gasteiger partial charge in [0.25, 0.3) is 0 Å². The van der Waals surface area contributed by atoms with Crippen LogP contribution < -0.4 is 11.1 Å². The van der Waals surface area contributed by atoms with Crippen molar-refractivity contribution in [3.8, 4) is 0 Å². The quantitative estimate of drug-likeness (QED) is 0.784. The molecular formula is C11H20N4O. The minimum absolute atomic E-state index is 0.0312. The van der Waals surface area contributed by atoms with Crippen LogP contribution in [0.25, 0.3) is 0 Å². The molecule has 0 aliphatic rings. The van der Waals surface area contributed by atoms with Crippen molar-refractivity contribution in [3.63, 3.8) is 0 Å². The third-order valence-corrected chi connectivity index (χ3v) is 2.19. The second-order valence-electron chi connectivity index (χ2n) is 4.57. The van der Waals surface area contributed by atoms with Crippen LogP contribution >= 0.6 is 0 Å². The Morgan fingerprint density at radius 2 is 2.25 bits per heavy atom. The van der Waals surface area contributed by atoms with Gasteiger partial charge in [0, 0.05) is 12.2 Å². The molecule has 0 radical (unpaired) electrons. The minimum atomic E-state index is -0.0312. The van der Waals surface area contributed by atoms with E-state index >= 15 is 0 Å². The maximum atomic E-state index is 11.6. The zero-order valence-corrected chi connectivity index (χ0v) is 10.1. The van der Waals surface area contributed by atoms with Gasteiger partial charge in [-0.25, -0.2) is 0 Å². The topological polar surface area (TPSA) is 72.9 Å². The number of amides is 1. The van der Waals surface area contributed by atoms with Gasteiger partial charge >= 0.3 is 0 Å². The Hall–Kier alpha value is -1.52.